The van der Waals surface area contributed by atoms with Crippen LogP contribution < -0.4 is 10.1 Å². The maximum atomic E-state index is 12.4. The lowest BCUT2D eigenvalue weighted by Gasteiger charge is -2.39. The van der Waals surface area contributed by atoms with E-state index in [9.17, 15) is 15.0 Å². The molecule has 1 heterocycles. The number of para-hydroxylation sites is 1. The highest BCUT2D eigenvalue weighted by Gasteiger charge is 2.35. The largest absolute Gasteiger partial charge is 0.496 e. The van der Waals surface area contributed by atoms with E-state index >= 15 is 0 Å². The molecule has 0 unspecified atom stereocenters. The van der Waals surface area contributed by atoms with E-state index in [1.807, 2.05) is 36.1 Å². The second-order valence-electron chi connectivity index (χ2n) is 6.22. The molecule has 25 heavy (non-hydrogen) atoms. The highest BCUT2D eigenvalue weighted by Crippen LogP contribution is 2.17. The molecule has 1 aliphatic heterocycles. The number of hydrogen-bond donors (Lipinski definition) is 3. The highest BCUT2D eigenvalue weighted by molar-refractivity contribution is 5.78. The maximum Gasteiger partial charge on any atom is 0.234 e. The third-order valence-corrected chi connectivity index (χ3v) is 4.36. The fourth-order valence-electron chi connectivity index (χ4n) is 3.02. The van der Waals surface area contributed by atoms with Crippen LogP contribution in [0.1, 0.15) is 18.9 Å². The molecule has 0 spiro atoms. The maximum absolute atomic E-state index is 12.4. The third kappa shape index (κ3) is 5.40. The molecule has 3 N–H and O–H groups in total. The van der Waals surface area contributed by atoms with Gasteiger partial charge < -0.3 is 25.0 Å². The van der Waals surface area contributed by atoms with Gasteiger partial charge in [0.1, 0.15) is 11.9 Å². The van der Waals surface area contributed by atoms with Gasteiger partial charge in [-0.25, -0.2) is 0 Å². The van der Waals surface area contributed by atoms with Crippen LogP contribution in [0.25, 0.3) is 0 Å². The standard InChI is InChI=1S/C18H28N2O5/c1-3-8-20(14-11-25-12-15(21)18(14)23)10-17(22)19-9-13-6-4-5-7-16(13)24-2/h4-7,14-15,18,21,23H,3,8-12H2,1-2H3,(H,19,22)/t14-,15-,18+/m1/s1. The Bertz CT molecular complexity index is 554. The van der Waals surface area contributed by atoms with Crippen molar-refractivity contribution < 1.29 is 24.5 Å². The molecule has 1 aromatic carbocycles. The summed E-state index contributed by atoms with van der Waals surface area (Å²) in [6.45, 7) is 3.58. The van der Waals surface area contributed by atoms with Gasteiger partial charge in [-0.3, -0.25) is 9.69 Å². The summed E-state index contributed by atoms with van der Waals surface area (Å²) < 4.78 is 10.6. The van der Waals surface area contributed by atoms with Crippen LogP contribution in [0.3, 0.4) is 0 Å². The molecule has 1 amide bonds. The van der Waals surface area contributed by atoms with Gasteiger partial charge in [0.25, 0.3) is 0 Å². The van der Waals surface area contributed by atoms with Crippen LogP contribution in [0.15, 0.2) is 24.3 Å². The molecule has 3 atom stereocenters. The Balaban J connectivity index is 1.93. The van der Waals surface area contributed by atoms with E-state index < -0.39 is 12.2 Å². The normalized spacial score (nSPS) is 23.5. The van der Waals surface area contributed by atoms with Gasteiger partial charge in [0.2, 0.25) is 5.91 Å². The smallest absolute Gasteiger partial charge is 0.234 e. The van der Waals surface area contributed by atoms with E-state index in [4.69, 9.17) is 9.47 Å². The van der Waals surface area contributed by atoms with E-state index in [-0.39, 0.29) is 25.1 Å². The van der Waals surface area contributed by atoms with Gasteiger partial charge >= 0.3 is 0 Å². The molecular weight excluding hydrogens is 324 g/mol. The molecule has 0 bridgehead atoms. The van der Waals surface area contributed by atoms with Gasteiger partial charge in [-0.15, -0.1) is 0 Å². The lowest BCUT2D eigenvalue weighted by molar-refractivity contribution is -0.140. The molecule has 7 heteroatoms. The second-order valence-corrected chi connectivity index (χ2v) is 6.22. The second kappa shape index (κ2) is 9.72. The zero-order chi connectivity index (χ0) is 18.2. The Morgan fingerprint density at radius 1 is 1.36 bits per heavy atom. The van der Waals surface area contributed by atoms with Crippen molar-refractivity contribution in [1.82, 2.24) is 10.2 Å². The van der Waals surface area contributed by atoms with Gasteiger partial charge in [0.05, 0.1) is 39.0 Å². The van der Waals surface area contributed by atoms with Crippen molar-refractivity contribution in [1.29, 1.82) is 0 Å². The summed E-state index contributed by atoms with van der Waals surface area (Å²) in [5, 5.41) is 22.9. The summed E-state index contributed by atoms with van der Waals surface area (Å²) in [5.74, 6) is 0.582. The first kappa shape index (κ1) is 19.7. The van der Waals surface area contributed by atoms with Crippen LogP contribution in [-0.2, 0) is 16.1 Å². The quantitative estimate of drug-likeness (QED) is 0.617. The molecule has 2 rings (SSSR count). The Morgan fingerprint density at radius 2 is 2.12 bits per heavy atom. The molecule has 140 valence electrons. The lowest BCUT2D eigenvalue weighted by atomic mass is 10.0. The fraction of sp³-hybridized carbons (Fsp3) is 0.611. The van der Waals surface area contributed by atoms with Gasteiger partial charge in [-0.2, -0.15) is 0 Å². The number of carbonyl (C=O) groups is 1. The van der Waals surface area contributed by atoms with Crippen molar-refractivity contribution in [3.63, 3.8) is 0 Å². The number of amides is 1. The molecule has 7 nitrogen and oxygen atoms in total. The van der Waals surface area contributed by atoms with Crippen molar-refractivity contribution in [3.05, 3.63) is 29.8 Å². The van der Waals surface area contributed by atoms with E-state index in [0.29, 0.717) is 19.7 Å². The van der Waals surface area contributed by atoms with E-state index in [1.54, 1.807) is 7.11 Å². The van der Waals surface area contributed by atoms with Crippen LogP contribution in [-0.4, -0.2) is 72.7 Å². The predicted octanol–water partition coefficient (Wildman–Crippen LogP) is 0.144. The Hall–Kier alpha value is -1.67. The number of rotatable bonds is 8. The van der Waals surface area contributed by atoms with Crippen molar-refractivity contribution in [3.8, 4) is 5.75 Å². The monoisotopic (exact) mass is 352 g/mol. The summed E-state index contributed by atoms with van der Waals surface area (Å²) in [4.78, 5) is 14.2. The molecule has 0 saturated carbocycles. The zero-order valence-electron chi connectivity index (χ0n) is 14.9. The molecular formula is C18H28N2O5. The number of nitrogens with zero attached hydrogens (tertiary/aromatic N) is 1. The lowest BCUT2D eigenvalue weighted by Crippen LogP contribution is -2.57. The number of methoxy groups -OCH3 is 1. The Kier molecular flexibility index (Phi) is 7.64. The van der Waals surface area contributed by atoms with Crippen LogP contribution in [0.4, 0.5) is 0 Å². The summed E-state index contributed by atoms with van der Waals surface area (Å²) in [5.41, 5.74) is 0.900. The first-order chi connectivity index (χ1) is 12.1. The SMILES string of the molecule is CCCN(CC(=O)NCc1ccccc1OC)[C@@H]1COC[C@@H](O)[C@H]1O. The Labute approximate surface area is 148 Å². The summed E-state index contributed by atoms with van der Waals surface area (Å²) in [6.07, 6.45) is -1.00. The molecule has 1 aliphatic rings. The van der Waals surface area contributed by atoms with Gasteiger partial charge in [-0.1, -0.05) is 25.1 Å². The fourth-order valence-corrected chi connectivity index (χ4v) is 3.02. The summed E-state index contributed by atoms with van der Waals surface area (Å²) >= 11 is 0. The number of aliphatic hydroxyl groups is 2. The molecule has 1 aromatic rings. The average molecular weight is 352 g/mol. The van der Waals surface area contributed by atoms with Gasteiger partial charge in [0, 0.05) is 12.1 Å². The number of benzene rings is 1. The van der Waals surface area contributed by atoms with E-state index in [2.05, 4.69) is 5.32 Å². The van der Waals surface area contributed by atoms with Crippen LogP contribution in [0, 0.1) is 0 Å². The molecule has 1 saturated heterocycles. The van der Waals surface area contributed by atoms with E-state index in [1.165, 1.54) is 0 Å². The average Bonchev–Trinajstić information content (AvgIpc) is 2.62. The zero-order valence-corrected chi connectivity index (χ0v) is 14.9. The minimum Gasteiger partial charge on any atom is -0.496 e. The first-order valence-corrected chi connectivity index (χ1v) is 8.63. The minimum absolute atomic E-state index is 0.123. The first-order valence-electron chi connectivity index (χ1n) is 8.63. The number of ether oxygens (including phenoxy) is 2. The van der Waals surface area contributed by atoms with Crippen molar-refractivity contribution in [2.45, 2.75) is 38.1 Å². The number of hydrogen-bond acceptors (Lipinski definition) is 6. The summed E-state index contributed by atoms with van der Waals surface area (Å²) in [7, 11) is 1.60. The van der Waals surface area contributed by atoms with Crippen LogP contribution >= 0.6 is 0 Å². The molecule has 1 fully saturated rings. The van der Waals surface area contributed by atoms with Gasteiger partial charge in [0.15, 0.2) is 0 Å². The number of carbonyl (C=O) groups excluding carboxylic acids is 1. The summed E-state index contributed by atoms with van der Waals surface area (Å²) in [6, 6.07) is 7.13. The highest BCUT2D eigenvalue weighted by atomic mass is 16.5. The van der Waals surface area contributed by atoms with Crippen molar-refractivity contribution >= 4 is 5.91 Å². The van der Waals surface area contributed by atoms with Crippen LogP contribution in [0.5, 0.6) is 5.75 Å². The molecule has 0 radical (unpaired) electrons. The predicted molar refractivity (Wildman–Crippen MR) is 93.3 cm³/mol. The van der Waals surface area contributed by atoms with Gasteiger partial charge in [-0.05, 0) is 19.0 Å². The van der Waals surface area contributed by atoms with E-state index in [0.717, 1.165) is 17.7 Å². The number of nitrogens with one attached hydrogen (secondary N) is 1. The topological polar surface area (TPSA) is 91.3 Å². The third-order valence-electron chi connectivity index (χ3n) is 4.36. The van der Waals surface area contributed by atoms with Crippen molar-refractivity contribution in [2.24, 2.45) is 0 Å². The van der Waals surface area contributed by atoms with Crippen LogP contribution in [0.2, 0.25) is 0 Å². The molecule has 0 aromatic heterocycles. The molecule has 0 aliphatic carbocycles. The number of aliphatic hydroxyl groups excluding tert-OH is 2. The Morgan fingerprint density at radius 3 is 2.84 bits per heavy atom. The van der Waals surface area contributed by atoms with Crippen molar-refractivity contribution in [2.75, 3.05) is 33.4 Å². The minimum atomic E-state index is -0.922.